The number of nitrogens with one attached hydrogen (secondary N) is 2. The fourth-order valence-electron chi connectivity index (χ4n) is 2.69. The van der Waals surface area contributed by atoms with E-state index in [1.54, 1.807) is 18.2 Å². The molecule has 0 fully saturated rings. The maximum absolute atomic E-state index is 12.4. The number of hydrogen-bond acceptors (Lipinski definition) is 5. The first kappa shape index (κ1) is 15.2. The Labute approximate surface area is 143 Å². The van der Waals surface area contributed by atoms with Gasteiger partial charge in [-0.1, -0.05) is 35.5 Å². The summed E-state index contributed by atoms with van der Waals surface area (Å²) in [7, 11) is 0. The summed E-state index contributed by atoms with van der Waals surface area (Å²) in [5.74, 6) is 0.0367. The predicted octanol–water partition coefficient (Wildman–Crippen LogP) is 2.15. The van der Waals surface area contributed by atoms with Crippen molar-refractivity contribution in [2.45, 2.75) is 12.5 Å². The molecule has 2 heterocycles. The molecular formula is C18H15N3O4. The Kier molecular flexibility index (Phi) is 3.81. The lowest BCUT2D eigenvalue weighted by atomic mass is 10.0. The Morgan fingerprint density at radius 1 is 1.20 bits per heavy atom. The third kappa shape index (κ3) is 3.16. The smallest absolute Gasteiger partial charge is 0.268 e. The van der Waals surface area contributed by atoms with Gasteiger partial charge in [0.1, 0.15) is 5.75 Å². The first-order chi connectivity index (χ1) is 12.2. The molecule has 2 aromatic carbocycles. The molecule has 2 N–H and O–H groups in total. The molecular weight excluding hydrogens is 322 g/mol. The number of amides is 2. The molecule has 0 saturated heterocycles. The monoisotopic (exact) mass is 337 g/mol. The highest BCUT2D eigenvalue weighted by Gasteiger charge is 2.29. The molecule has 1 atom stereocenters. The van der Waals surface area contributed by atoms with Crippen LogP contribution in [-0.2, 0) is 14.4 Å². The minimum atomic E-state index is -0.674. The van der Waals surface area contributed by atoms with E-state index in [0.717, 1.165) is 11.3 Å². The molecule has 4 rings (SSSR count). The zero-order valence-electron chi connectivity index (χ0n) is 13.2. The van der Waals surface area contributed by atoms with Gasteiger partial charge in [-0.25, -0.2) is 0 Å². The third-order valence-corrected chi connectivity index (χ3v) is 3.95. The van der Waals surface area contributed by atoms with Crippen molar-refractivity contribution in [3.63, 3.8) is 0 Å². The van der Waals surface area contributed by atoms with E-state index >= 15 is 0 Å². The summed E-state index contributed by atoms with van der Waals surface area (Å²) in [5, 5.41) is 9.50. The molecule has 2 amide bonds. The highest BCUT2D eigenvalue weighted by atomic mass is 16.6. The predicted molar refractivity (Wildman–Crippen MR) is 91.7 cm³/mol. The van der Waals surface area contributed by atoms with Crippen molar-refractivity contribution in [1.82, 2.24) is 0 Å². The maximum atomic E-state index is 12.4. The first-order valence-corrected chi connectivity index (χ1v) is 7.85. The summed E-state index contributed by atoms with van der Waals surface area (Å²) in [4.78, 5) is 28.9. The highest BCUT2D eigenvalue weighted by Crippen LogP contribution is 2.30. The number of oxime groups is 1. The zero-order chi connectivity index (χ0) is 17.2. The van der Waals surface area contributed by atoms with E-state index in [2.05, 4.69) is 15.8 Å². The van der Waals surface area contributed by atoms with Gasteiger partial charge in [-0.3, -0.25) is 9.59 Å². The highest BCUT2D eigenvalue weighted by molar-refractivity contribution is 6.06. The number of carbonyl (C=O) groups excluding carboxylic acids is 2. The molecule has 0 aromatic heterocycles. The summed E-state index contributed by atoms with van der Waals surface area (Å²) < 4.78 is 5.34. The van der Waals surface area contributed by atoms with Crippen LogP contribution in [0.2, 0.25) is 0 Å². The molecule has 1 unspecified atom stereocenters. The molecule has 0 bridgehead atoms. The zero-order valence-corrected chi connectivity index (χ0v) is 13.2. The van der Waals surface area contributed by atoms with Gasteiger partial charge in [0.25, 0.3) is 11.8 Å². The average molecular weight is 337 g/mol. The van der Waals surface area contributed by atoms with Gasteiger partial charge in [-0.05, 0) is 17.7 Å². The number of anilines is 2. The van der Waals surface area contributed by atoms with Crippen molar-refractivity contribution in [3.05, 3.63) is 54.1 Å². The van der Waals surface area contributed by atoms with E-state index in [1.807, 2.05) is 30.3 Å². The number of rotatable bonds is 3. The lowest BCUT2D eigenvalue weighted by Gasteiger charge is -2.19. The summed E-state index contributed by atoms with van der Waals surface area (Å²) in [5.41, 5.74) is 2.84. The number of fused-ring (bicyclic) bond motifs is 1. The number of carbonyl (C=O) groups is 2. The number of nitrogens with zero attached hydrogens (tertiary/aromatic N) is 1. The number of hydrogen-bond donors (Lipinski definition) is 2. The van der Waals surface area contributed by atoms with Gasteiger partial charge in [0, 0.05) is 18.2 Å². The minimum absolute atomic E-state index is 0.0373. The van der Waals surface area contributed by atoms with Crippen LogP contribution in [0.1, 0.15) is 12.0 Å². The molecule has 2 aliphatic heterocycles. The van der Waals surface area contributed by atoms with E-state index in [1.165, 1.54) is 0 Å². The van der Waals surface area contributed by atoms with Crippen LogP contribution in [-0.4, -0.2) is 30.2 Å². The molecule has 0 radical (unpaired) electrons. The minimum Gasteiger partial charge on any atom is -0.482 e. The molecule has 2 aliphatic rings. The van der Waals surface area contributed by atoms with E-state index in [-0.39, 0.29) is 18.4 Å². The molecule has 0 aliphatic carbocycles. The van der Waals surface area contributed by atoms with Crippen molar-refractivity contribution in [1.29, 1.82) is 0 Å². The van der Waals surface area contributed by atoms with Gasteiger partial charge in [-0.15, -0.1) is 0 Å². The van der Waals surface area contributed by atoms with Crippen LogP contribution in [0.3, 0.4) is 0 Å². The second-order valence-electron chi connectivity index (χ2n) is 5.74. The van der Waals surface area contributed by atoms with Crippen molar-refractivity contribution in [3.8, 4) is 5.75 Å². The van der Waals surface area contributed by atoms with Gasteiger partial charge in [0.05, 0.1) is 11.4 Å². The first-order valence-electron chi connectivity index (χ1n) is 7.85. The lowest BCUT2D eigenvalue weighted by Crippen LogP contribution is -2.28. The van der Waals surface area contributed by atoms with Crippen LogP contribution in [0.4, 0.5) is 11.4 Å². The summed E-state index contributed by atoms with van der Waals surface area (Å²) in [6, 6.07) is 14.7. The normalized spacial score (nSPS) is 18.3. The molecule has 2 aromatic rings. The van der Waals surface area contributed by atoms with Crippen molar-refractivity contribution in [2.75, 3.05) is 17.2 Å². The second kappa shape index (κ2) is 6.27. The Bertz CT molecular complexity index is 864. The third-order valence-electron chi connectivity index (χ3n) is 3.95. The Hall–Kier alpha value is -3.35. The molecule has 0 spiro atoms. The van der Waals surface area contributed by atoms with Crippen molar-refractivity contribution in [2.24, 2.45) is 5.16 Å². The molecule has 0 saturated carbocycles. The van der Waals surface area contributed by atoms with Crippen LogP contribution >= 0.6 is 0 Å². The van der Waals surface area contributed by atoms with Gasteiger partial charge in [0.2, 0.25) is 6.10 Å². The Morgan fingerprint density at radius 2 is 2.04 bits per heavy atom. The van der Waals surface area contributed by atoms with Crippen LogP contribution in [0.5, 0.6) is 5.75 Å². The number of ether oxygens (including phenoxy) is 1. The van der Waals surface area contributed by atoms with E-state index in [4.69, 9.17) is 9.57 Å². The van der Waals surface area contributed by atoms with Crippen molar-refractivity contribution >= 4 is 28.9 Å². The van der Waals surface area contributed by atoms with Gasteiger partial charge < -0.3 is 20.2 Å². The fraction of sp³-hybridized carbons (Fsp3) is 0.167. The summed E-state index contributed by atoms with van der Waals surface area (Å²) in [6.07, 6.45) is -0.264. The Morgan fingerprint density at radius 3 is 2.88 bits per heavy atom. The topological polar surface area (TPSA) is 89.0 Å². The van der Waals surface area contributed by atoms with Crippen molar-refractivity contribution < 1.29 is 19.2 Å². The van der Waals surface area contributed by atoms with E-state index in [9.17, 15) is 9.59 Å². The fourth-order valence-corrected chi connectivity index (χ4v) is 2.69. The quantitative estimate of drug-likeness (QED) is 0.898. The van der Waals surface area contributed by atoms with Crippen LogP contribution in [0, 0.1) is 0 Å². The summed E-state index contributed by atoms with van der Waals surface area (Å²) in [6.45, 7) is -0.0373. The van der Waals surface area contributed by atoms with Gasteiger partial charge in [-0.2, -0.15) is 0 Å². The SMILES string of the molecule is O=C1COc2cc(NC(=O)C3CC(c4ccccc4)=NO3)ccc2N1. The standard InChI is InChI=1S/C18H15N3O4/c22-17-10-24-15-8-12(6-7-13(15)20-17)19-18(23)16-9-14(21-25-16)11-4-2-1-3-5-11/h1-8,16H,9-10H2,(H,19,23)(H,20,22). The average Bonchev–Trinajstić information content (AvgIpc) is 3.13. The largest absolute Gasteiger partial charge is 0.482 e. The van der Waals surface area contributed by atoms with Gasteiger partial charge in [0.15, 0.2) is 6.61 Å². The maximum Gasteiger partial charge on any atom is 0.268 e. The molecule has 7 heteroatoms. The second-order valence-corrected chi connectivity index (χ2v) is 5.74. The molecule has 7 nitrogen and oxygen atoms in total. The van der Waals surface area contributed by atoms with Gasteiger partial charge >= 0.3 is 0 Å². The summed E-state index contributed by atoms with van der Waals surface area (Å²) >= 11 is 0. The van der Waals surface area contributed by atoms with Crippen LogP contribution in [0.15, 0.2) is 53.7 Å². The molecule has 25 heavy (non-hydrogen) atoms. The van der Waals surface area contributed by atoms with Crippen LogP contribution in [0.25, 0.3) is 0 Å². The van der Waals surface area contributed by atoms with E-state index < -0.39 is 6.10 Å². The van der Waals surface area contributed by atoms with Crippen LogP contribution < -0.4 is 15.4 Å². The molecule has 126 valence electrons. The number of benzene rings is 2. The Balaban J connectivity index is 1.41. The lowest BCUT2D eigenvalue weighted by molar-refractivity contribution is -0.125. The van der Waals surface area contributed by atoms with E-state index in [0.29, 0.717) is 23.5 Å².